The summed E-state index contributed by atoms with van der Waals surface area (Å²) in [4.78, 5) is 16.3. The average molecular weight is 322 g/mol. The summed E-state index contributed by atoms with van der Waals surface area (Å²) in [7, 11) is 0. The molecule has 7 heteroatoms. The van der Waals surface area contributed by atoms with Gasteiger partial charge in [0, 0.05) is 43.2 Å². The third kappa shape index (κ3) is 4.05. The summed E-state index contributed by atoms with van der Waals surface area (Å²) in [6.45, 7) is 1.48. The van der Waals surface area contributed by atoms with Crippen LogP contribution in [0.15, 0.2) is 36.8 Å². The molecule has 1 aliphatic heterocycles. The fraction of sp³-hybridized carbons (Fsp3) is 0.400. The number of hydrogen-bond acceptors (Lipinski definition) is 4. The second-order valence-corrected chi connectivity index (χ2v) is 5.21. The maximum atomic E-state index is 12.0. The Balaban J connectivity index is 0.00000176. The third-order valence-corrected chi connectivity index (χ3v) is 3.66. The van der Waals surface area contributed by atoms with Gasteiger partial charge in [-0.1, -0.05) is 6.07 Å². The van der Waals surface area contributed by atoms with Crippen molar-refractivity contribution in [3.63, 3.8) is 0 Å². The van der Waals surface area contributed by atoms with Gasteiger partial charge in [-0.25, -0.2) is 9.67 Å². The lowest BCUT2D eigenvalue weighted by Crippen LogP contribution is -2.31. The van der Waals surface area contributed by atoms with Gasteiger partial charge in [0.2, 0.25) is 5.91 Å². The first-order valence-corrected chi connectivity index (χ1v) is 7.27. The zero-order valence-corrected chi connectivity index (χ0v) is 13.1. The van der Waals surface area contributed by atoms with E-state index in [1.165, 1.54) is 0 Å². The maximum absolute atomic E-state index is 12.0. The normalized spacial score (nSPS) is 17.0. The summed E-state index contributed by atoms with van der Waals surface area (Å²) in [6, 6.07) is 6.00. The maximum Gasteiger partial charge on any atom is 0.221 e. The van der Waals surface area contributed by atoms with Crippen LogP contribution in [0.25, 0.3) is 5.82 Å². The van der Waals surface area contributed by atoms with Gasteiger partial charge in [0.1, 0.15) is 0 Å². The van der Waals surface area contributed by atoms with E-state index in [-0.39, 0.29) is 18.3 Å². The lowest BCUT2D eigenvalue weighted by atomic mass is 10.1. The molecule has 0 aliphatic carbocycles. The summed E-state index contributed by atoms with van der Waals surface area (Å²) in [5.74, 6) is 0.825. The number of aromatic nitrogens is 3. The molecular weight excluding hydrogens is 302 g/mol. The second kappa shape index (κ2) is 7.91. The quantitative estimate of drug-likeness (QED) is 0.874. The van der Waals surface area contributed by atoms with Crippen molar-refractivity contribution in [3.05, 3.63) is 42.4 Å². The number of carbonyl (C=O) groups excluding carboxylic acids is 1. The van der Waals surface area contributed by atoms with Gasteiger partial charge in [0.15, 0.2) is 5.82 Å². The zero-order chi connectivity index (χ0) is 14.5. The Morgan fingerprint density at radius 1 is 1.41 bits per heavy atom. The first kappa shape index (κ1) is 16.5. The highest BCUT2D eigenvalue weighted by molar-refractivity contribution is 5.85. The monoisotopic (exact) mass is 321 g/mol. The molecule has 3 rings (SSSR count). The van der Waals surface area contributed by atoms with Gasteiger partial charge in [0.05, 0.1) is 0 Å². The van der Waals surface area contributed by atoms with Crippen LogP contribution in [0.1, 0.15) is 24.8 Å². The molecule has 0 saturated carbocycles. The Morgan fingerprint density at radius 2 is 2.32 bits per heavy atom. The van der Waals surface area contributed by atoms with Gasteiger partial charge in [-0.05, 0) is 31.5 Å². The molecule has 0 aromatic carbocycles. The molecular formula is C15H20ClN5O. The molecule has 118 valence electrons. The molecule has 0 spiro atoms. The number of rotatable bonds is 5. The van der Waals surface area contributed by atoms with Crippen molar-refractivity contribution in [1.29, 1.82) is 0 Å². The van der Waals surface area contributed by atoms with E-state index in [1.807, 2.05) is 24.4 Å². The van der Waals surface area contributed by atoms with E-state index in [2.05, 4.69) is 20.7 Å². The molecule has 2 aromatic rings. The number of carbonyl (C=O) groups is 1. The Hall–Kier alpha value is -1.92. The highest BCUT2D eigenvalue weighted by Crippen LogP contribution is 2.11. The van der Waals surface area contributed by atoms with Crippen molar-refractivity contribution in [1.82, 2.24) is 25.4 Å². The molecule has 1 fully saturated rings. The lowest BCUT2D eigenvalue weighted by molar-refractivity contribution is -0.121. The highest BCUT2D eigenvalue weighted by atomic mass is 35.5. The Bertz CT molecular complexity index is 596. The van der Waals surface area contributed by atoms with E-state index in [1.54, 1.807) is 17.1 Å². The summed E-state index contributed by atoms with van der Waals surface area (Å²) in [6.07, 6.45) is 8.06. The summed E-state index contributed by atoms with van der Waals surface area (Å²) in [5, 5.41) is 10.5. The van der Waals surface area contributed by atoms with E-state index in [9.17, 15) is 4.79 Å². The molecule has 1 unspecified atom stereocenters. The SMILES string of the molecule is Cl.O=C(CC1CCCN1)NCc1cccnc1-n1cccn1. The fourth-order valence-electron chi connectivity index (χ4n) is 2.59. The average Bonchev–Trinajstić information content (AvgIpc) is 3.18. The predicted molar refractivity (Wildman–Crippen MR) is 86.1 cm³/mol. The van der Waals surface area contributed by atoms with E-state index < -0.39 is 0 Å². The van der Waals surface area contributed by atoms with Gasteiger partial charge in [-0.2, -0.15) is 5.10 Å². The Labute approximate surface area is 135 Å². The number of nitrogens with one attached hydrogen (secondary N) is 2. The molecule has 22 heavy (non-hydrogen) atoms. The first-order valence-electron chi connectivity index (χ1n) is 7.27. The van der Waals surface area contributed by atoms with Crippen LogP contribution in [0.4, 0.5) is 0 Å². The number of pyridine rings is 1. The molecule has 2 aromatic heterocycles. The van der Waals surface area contributed by atoms with Crippen molar-refractivity contribution in [2.45, 2.75) is 31.8 Å². The number of halogens is 1. The first-order chi connectivity index (χ1) is 10.3. The van der Waals surface area contributed by atoms with Gasteiger partial charge in [-0.3, -0.25) is 4.79 Å². The van der Waals surface area contributed by atoms with Crippen LogP contribution in [0, 0.1) is 0 Å². The van der Waals surface area contributed by atoms with E-state index in [0.29, 0.717) is 19.0 Å². The Kier molecular flexibility index (Phi) is 5.91. The molecule has 1 amide bonds. The predicted octanol–water partition coefficient (Wildman–Crippen LogP) is 1.45. The van der Waals surface area contributed by atoms with Crippen molar-refractivity contribution in [2.75, 3.05) is 6.54 Å². The minimum atomic E-state index is 0. The molecule has 1 aliphatic rings. The van der Waals surface area contributed by atoms with Crippen LogP contribution < -0.4 is 10.6 Å². The largest absolute Gasteiger partial charge is 0.352 e. The van der Waals surface area contributed by atoms with Crippen molar-refractivity contribution in [3.8, 4) is 5.82 Å². The van der Waals surface area contributed by atoms with Gasteiger partial charge in [-0.15, -0.1) is 12.4 Å². The fourth-order valence-corrected chi connectivity index (χ4v) is 2.59. The topological polar surface area (TPSA) is 71.8 Å². The van der Waals surface area contributed by atoms with Gasteiger partial charge >= 0.3 is 0 Å². The summed E-state index contributed by atoms with van der Waals surface area (Å²) in [5.41, 5.74) is 0.953. The molecule has 6 nitrogen and oxygen atoms in total. The third-order valence-electron chi connectivity index (χ3n) is 3.66. The van der Waals surface area contributed by atoms with E-state index in [0.717, 1.165) is 30.8 Å². The molecule has 1 saturated heterocycles. The molecule has 0 radical (unpaired) electrons. The smallest absolute Gasteiger partial charge is 0.221 e. The number of hydrogen-bond donors (Lipinski definition) is 2. The van der Waals surface area contributed by atoms with Crippen LogP contribution in [0.3, 0.4) is 0 Å². The van der Waals surface area contributed by atoms with Crippen LogP contribution >= 0.6 is 12.4 Å². The minimum Gasteiger partial charge on any atom is -0.352 e. The van der Waals surface area contributed by atoms with Gasteiger partial charge in [0.25, 0.3) is 0 Å². The van der Waals surface area contributed by atoms with Crippen LogP contribution in [-0.4, -0.2) is 33.3 Å². The van der Waals surface area contributed by atoms with E-state index >= 15 is 0 Å². The molecule has 1 atom stereocenters. The van der Waals surface area contributed by atoms with Crippen molar-refractivity contribution in [2.24, 2.45) is 0 Å². The molecule has 0 bridgehead atoms. The second-order valence-electron chi connectivity index (χ2n) is 5.21. The molecule has 2 N–H and O–H groups in total. The van der Waals surface area contributed by atoms with Crippen molar-refractivity contribution >= 4 is 18.3 Å². The number of nitrogens with zero attached hydrogens (tertiary/aromatic N) is 3. The van der Waals surface area contributed by atoms with Crippen LogP contribution in [-0.2, 0) is 11.3 Å². The van der Waals surface area contributed by atoms with Crippen molar-refractivity contribution < 1.29 is 4.79 Å². The molecule has 3 heterocycles. The standard InChI is InChI=1S/C15H19N5O.ClH/c21-14(10-13-5-2-6-16-13)18-11-12-4-1-7-17-15(12)20-9-3-8-19-20;/h1,3-4,7-9,13,16H,2,5-6,10-11H2,(H,18,21);1H. The summed E-state index contributed by atoms with van der Waals surface area (Å²) < 4.78 is 1.71. The number of amides is 1. The van der Waals surface area contributed by atoms with Crippen LogP contribution in [0.5, 0.6) is 0 Å². The Morgan fingerprint density at radius 3 is 3.05 bits per heavy atom. The zero-order valence-electron chi connectivity index (χ0n) is 12.2. The lowest BCUT2D eigenvalue weighted by Gasteiger charge is -2.12. The van der Waals surface area contributed by atoms with Crippen LogP contribution in [0.2, 0.25) is 0 Å². The minimum absolute atomic E-state index is 0. The van der Waals surface area contributed by atoms with Gasteiger partial charge < -0.3 is 10.6 Å². The highest BCUT2D eigenvalue weighted by Gasteiger charge is 2.17. The van der Waals surface area contributed by atoms with E-state index in [4.69, 9.17) is 0 Å². The summed E-state index contributed by atoms with van der Waals surface area (Å²) >= 11 is 0.